The van der Waals surface area contributed by atoms with Crippen molar-refractivity contribution in [3.05, 3.63) is 0 Å². The summed E-state index contributed by atoms with van der Waals surface area (Å²) >= 11 is 0. The first-order valence-corrected chi connectivity index (χ1v) is 7.46. The number of hydrogen-bond donors (Lipinski definition) is 7. The molecule has 2 aliphatic rings. The summed E-state index contributed by atoms with van der Waals surface area (Å²) < 4.78 is 20.5. The molecule has 7 N–H and O–H groups in total. The number of ether oxygens (including phenoxy) is 4. The highest BCUT2D eigenvalue weighted by atomic mass is 16.7. The smallest absolute Gasteiger partial charge is 0.186 e. The molecule has 2 aliphatic heterocycles. The summed E-state index contributed by atoms with van der Waals surface area (Å²) in [5.41, 5.74) is 0. The van der Waals surface area contributed by atoms with Crippen LogP contribution in [0, 0.1) is 0 Å². The zero-order valence-electron chi connectivity index (χ0n) is 13.0. The third-order valence-electron chi connectivity index (χ3n) is 4.17. The molecule has 11 nitrogen and oxygen atoms in total. The van der Waals surface area contributed by atoms with Crippen molar-refractivity contribution in [2.24, 2.45) is 0 Å². The highest BCUT2D eigenvalue weighted by Gasteiger charge is 2.47. The molecule has 0 aromatic rings. The topological polar surface area (TPSA) is 179 Å². The van der Waals surface area contributed by atoms with Crippen LogP contribution in [0.4, 0.5) is 0 Å². The fourth-order valence-corrected chi connectivity index (χ4v) is 2.64. The maximum absolute atomic E-state index is 9.91. The molecule has 0 aliphatic carbocycles. The maximum Gasteiger partial charge on any atom is 0.186 e. The quantitative estimate of drug-likeness (QED) is 0.251. The van der Waals surface area contributed by atoms with Crippen LogP contribution in [-0.4, -0.2) is 117 Å². The van der Waals surface area contributed by atoms with E-state index in [2.05, 4.69) is 0 Å². The minimum atomic E-state index is -1.60. The van der Waals surface area contributed by atoms with Crippen LogP contribution in [0.2, 0.25) is 0 Å². The summed E-state index contributed by atoms with van der Waals surface area (Å²) in [6.07, 6.45) is -14.0. The monoisotopic (exact) mass is 356 g/mol. The van der Waals surface area contributed by atoms with Gasteiger partial charge in [0.2, 0.25) is 0 Å². The Bertz CT molecular complexity index is 356. The normalized spacial score (nSPS) is 50.0. The molecule has 0 radical (unpaired) electrons. The first kappa shape index (κ1) is 19.9. The summed E-state index contributed by atoms with van der Waals surface area (Å²) in [5, 5.41) is 67.6. The Morgan fingerprint density at radius 2 is 1.21 bits per heavy atom. The maximum atomic E-state index is 9.91. The lowest BCUT2D eigenvalue weighted by molar-refractivity contribution is -0.328. The summed E-state index contributed by atoms with van der Waals surface area (Å²) in [7, 11) is 1.24. The zero-order valence-corrected chi connectivity index (χ0v) is 13.0. The lowest BCUT2D eigenvalue weighted by Crippen LogP contribution is -2.61. The average molecular weight is 356 g/mol. The van der Waals surface area contributed by atoms with Gasteiger partial charge in [0, 0.05) is 7.11 Å². The van der Waals surface area contributed by atoms with Crippen molar-refractivity contribution in [1.82, 2.24) is 0 Å². The van der Waals surface area contributed by atoms with Crippen molar-refractivity contribution >= 4 is 0 Å². The van der Waals surface area contributed by atoms with E-state index in [1.165, 1.54) is 7.11 Å². The molecule has 2 saturated heterocycles. The van der Waals surface area contributed by atoms with Crippen molar-refractivity contribution in [2.75, 3.05) is 20.3 Å². The largest absolute Gasteiger partial charge is 0.394 e. The molecular weight excluding hydrogens is 332 g/mol. The van der Waals surface area contributed by atoms with E-state index in [0.29, 0.717) is 0 Å². The van der Waals surface area contributed by atoms with Gasteiger partial charge in [-0.2, -0.15) is 0 Å². The van der Waals surface area contributed by atoms with E-state index in [1.54, 1.807) is 0 Å². The van der Waals surface area contributed by atoms with Gasteiger partial charge in [-0.05, 0) is 0 Å². The zero-order chi connectivity index (χ0) is 18.0. The SMILES string of the molecule is CO[C@@H]1O[C@H](CO[C@H]2O[C@H](CO)[C@@H](O)[C@H](O)[C@H]2O)[C@@H](O)[C@@H](O)[C@H]1O. The van der Waals surface area contributed by atoms with Gasteiger partial charge in [-0.15, -0.1) is 0 Å². The van der Waals surface area contributed by atoms with Gasteiger partial charge in [0.1, 0.15) is 48.8 Å². The van der Waals surface area contributed by atoms with Gasteiger partial charge in [-0.1, -0.05) is 0 Å². The van der Waals surface area contributed by atoms with Gasteiger partial charge < -0.3 is 54.7 Å². The van der Waals surface area contributed by atoms with E-state index >= 15 is 0 Å². The molecule has 11 heteroatoms. The molecule has 0 bridgehead atoms. The number of aliphatic hydroxyl groups is 7. The lowest BCUT2D eigenvalue weighted by Gasteiger charge is -2.42. The first-order valence-electron chi connectivity index (χ1n) is 7.46. The van der Waals surface area contributed by atoms with Crippen LogP contribution >= 0.6 is 0 Å². The fourth-order valence-electron chi connectivity index (χ4n) is 2.64. The predicted molar refractivity (Wildman–Crippen MR) is 73.4 cm³/mol. The van der Waals surface area contributed by atoms with Crippen molar-refractivity contribution in [1.29, 1.82) is 0 Å². The second-order valence-electron chi connectivity index (χ2n) is 5.78. The Kier molecular flexibility index (Phi) is 6.87. The van der Waals surface area contributed by atoms with E-state index in [1.807, 2.05) is 0 Å². The van der Waals surface area contributed by atoms with Gasteiger partial charge in [0.05, 0.1) is 13.2 Å². The van der Waals surface area contributed by atoms with Crippen LogP contribution in [0.5, 0.6) is 0 Å². The molecular formula is C13H24O11. The van der Waals surface area contributed by atoms with Crippen molar-refractivity contribution in [2.45, 2.75) is 61.4 Å². The standard InChI is InChI=1S/C13H24O11/c1-21-12-10(19)9(18)7(16)5(24-12)3-22-13-11(20)8(17)6(15)4(2-14)23-13/h4-20H,2-3H2,1H3/t4-,5-,6-,7-,8+,9-,10-,11-,12-,13+/m1/s1. The summed E-state index contributed by atoms with van der Waals surface area (Å²) in [6.45, 7) is -0.989. The summed E-state index contributed by atoms with van der Waals surface area (Å²) in [6, 6.07) is 0. The number of rotatable bonds is 5. The van der Waals surface area contributed by atoms with Gasteiger partial charge in [0.15, 0.2) is 12.6 Å². The Labute approximate surface area is 137 Å². The van der Waals surface area contributed by atoms with Gasteiger partial charge >= 0.3 is 0 Å². The Hall–Kier alpha value is -0.440. The lowest BCUT2D eigenvalue weighted by atomic mass is 9.98. The Morgan fingerprint density at radius 3 is 1.75 bits per heavy atom. The van der Waals surface area contributed by atoms with Crippen molar-refractivity contribution < 1.29 is 54.7 Å². The Balaban J connectivity index is 1.96. The molecule has 0 spiro atoms. The fraction of sp³-hybridized carbons (Fsp3) is 1.00. The van der Waals surface area contributed by atoms with E-state index in [4.69, 9.17) is 24.1 Å². The summed E-state index contributed by atoms with van der Waals surface area (Å²) in [4.78, 5) is 0. The van der Waals surface area contributed by atoms with Crippen LogP contribution in [0.15, 0.2) is 0 Å². The second-order valence-corrected chi connectivity index (χ2v) is 5.78. The van der Waals surface area contributed by atoms with Crippen LogP contribution in [-0.2, 0) is 18.9 Å². The first-order chi connectivity index (χ1) is 11.3. The third kappa shape index (κ3) is 3.86. The molecule has 142 valence electrons. The van der Waals surface area contributed by atoms with Crippen molar-refractivity contribution in [3.8, 4) is 0 Å². The van der Waals surface area contributed by atoms with E-state index in [-0.39, 0.29) is 6.61 Å². The summed E-state index contributed by atoms with van der Waals surface area (Å²) in [5.74, 6) is 0. The number of aliphatic hydroxyl groups excluding tert-OH is 7. The van der Waals surface area contributed by atoms with E-state index in [9.17, 15) is 30.6 Å². The molecule has 0 aromatic carbocycles. The molecule has 24 heavy (non-hydrogen) atoms. The van der Waals surface area contributed by atoms with Gasteiger partial charge in [-0.25, -0.2) is 0 Å². The Morgan fingerprint density at radius 1 is 0.708 bits per heavy atom. The van der Waals surface area contributed by atoms with Crippen LogP contribution in [0.3, 0.4) is 0 Å². The molecule has 2 fully saturated rings. The van der Waals surface area contributed by atoms with E-state index < -0.39 is 68.0 Å². The molecule has 2 rings (SSSR count). The van der Waals surface area contributed by atoms with Crippen LogP contribution in [0.25, 0.3) is 0 Å². The predicted octanol–water partition coefficient (Wildman–Crippen LogP) is -4.74. The number of hydrogen-bond acceptors (Lipinski definition) is 11. The van der Waals surface area contributed by atoms with Gasteiger partial charge in [0.25, 0.3) is 0 Å². The van der Waals surface area contributed by atoms with E-state index in [0.717, 1.165) is 0 Å². The van der Waals surface area contributed by atoms with Crippen LogP contribution in [0.1, 0.15) is 0 Å². The average Bonchev–Trinajstić information content (AvgIpc) is 2.58. The second kappa shape index (κ2) is 8.29. The van der Waals surface area contributed by atoms with Gasteiger partial charge in [-0.3, -0.25) is 0 Å². The third-order valence-corrected chi connectivity index (χ3v) is 4.17. The molecule has 0 saturated carbocycles. The molecule has 0 unspecified atom stereocenters. The molecule has 0 aromatic heterocycles. The highest BCUT2D eigenvalue weighted by Crippen LogP contribution is 2.25. The number of methoxy groups -OCH3 is 1. The highest BCUT2D eigenvalue weighted by molar-refractivity contribution is 4.91. The van der Waals surface area contributed by atoms with Crippen molar-refractivity contribution in [3.63, 3.8) is 0 Å². The molecule has 2 heterocycles. The van der Waals surface area contributed by atoms with Crippen LogP contribution < -0.4 is 0 Å². The minimum Gasteiger partial charge on any atom is -0.394 e. The molecule has 10 atom stereocenters. The molecule has 0 amide bonds. The minimum absolute atomic E-state index is 0.381.